The van der Waals surface area contributed by atoms with Crippen LogP contribution in [0.5, 0.6) is 0 Å². The zero-order valence-corrected chi connectivity index (χ0v) is 8.23. The van der Waals surface area contributed by atoms with Gasteiger partial charge in [0.1, 0.15) is 0 Å². The van der Waals surface area contributed by atoms with Gasteiger partial charge < -0.3 is 14.6 Å². The van der Waals surface area contributed by atoms with Gasteiger partial charge in [-0.1, -0.05) is 0 Å². The summed E-state index contributed by atoms with van der Waals surface area (Å²) in [5.74, 6) is -0.938. The Balaban J connectivity index is 2.04. The van der Waals surface area contributed by atoms with Gasteiger partial charge in [0.05, 0.1) is 6.26 Å². The lowest BCUT2D eigenvalue weighted by atomic mass is 10.2. The van der Waals surface area contributed by atoms with Crippen molar-refractivity contribution in [2.45, 2.75) is 0 Å². The van der Waals surface area contributed by atoms with Gasteiger partial charge in [-0.3, -0.25) is 9.59 Å². The first-order chi connectivity index (χ1) is 7.29. The summed E-state index contributed by atoms with van der Waals surface area (Å²) < 4.78 is 4.89. The second kappa shape index (κ2) is 4.27. The van der Waals surface area contributed by atoms with Crippen LogP contribution in [0.1, 0.15) is 10.6 Å². The molecule has 1 amide bonds. The summed E-state index contributed by atoms with van der Waals surface area (Å²) in [4.78, 5) is 24.8. The summed E-state index contributed by atoms with van der Waals surface area (Å²) in [6.45, 7) is 2.62. The van der Waals surface area contributed by atoms with E-state index in [1.807, 2.05) is 0 Å². The highest BCUT2D eigenvalue weighted by molar-refractivity contribution is 6.41. The van der Waals surface area contributed by atoms with Crippen LogP contribution in [0.3, 0.4) is 0 Å². The molecule has 1 aliphatic heterocycles. The van der Waals surface area contributed by atoms with E-state index in [2.05, 4.69) is 5.32 Å². The molecule has 0 atom stereocenters. The average Bonchev–Trinajstić information content (AvgIpc) is 2.82. The molecule has 0 unspecified atom stereocenters. The van der Waals surface area contributed by atoms with Crippen LogP contribution in [0, 0.1) is 0 Å². The molecule has 0 saturated carbocycles. The Morgan fingerprint density at radius 3 is 2.67 bits per heavy atom. The normalized spacial score (nSPS) is 16.4. The fourth-order valence-corrected chi connectivity index (χ4v) is 1.52. The third-order valence-electron chi connectivity index (χ3n) is 2.34. The van der Waals surface area contributed by atoms with E-state index in [4.69, 9.17) is 4.42 Å². The Morgan fingerprint density at radius 2 is 2.07 bits per heavy atom. The van der Waals surface area contributed by atoms with Gasteiger partial charge in [-0.2, -0.15) is 0 Å². The van der Waals surface area contributed by atoms with Gasteiger partial charge in [0.2, 0.25) is 0 Å². The minimum Gasteiger partial charge on any atom is -0.461 e. The predicted octanol–water partition coefficient (Wildman–Crippen LogP) is -0.106. The molecule has 0 aromatic carbocycles. The van der Waals surface area contributed by atoms with Crippen LogP contribution in [0.2, 0.25) is 0 Å². The van der Waals surface area contributed by atoms with Crippen LogP contribution in [0.4, 0.5) is 0 Å². The van der Waals surface area contributed by atoms with E-state index in [0.29, 0.717) is 13.1 Å². The van der Waals surface area contributed by atoms with Crippen molar-refractivity contribution >= 4 is 11.7 Å². The molecule has 0 aliphatic carbocycles. The lowest BCUT2D eigenvalue weighted by molar-refractivity contribution is -0.127. The van der Waals surface area contributed by atoms with Crippen LogP contribution >= 0.6 is 0 Å². The second-order valence-electron chi connectivity index (χ2n) is 3.35. The van der Waals surface area contributed by atoms with E-state index in [1.54, 1.807) is 11.0 Å². The average molecular weight is 208 g/mol. The fourth-order valence-electron chi connectivity index (χ4n) is 1.52. The molecule has 15 heavy (non-hydrogen) atoms. The minimum atomic E-state index is -0.568. The van der Waals surface area contributed by atoms with Crippen LogP contribution in [-0.2, 0) is 4.79 Å². The molecule has 1 aromatic heterocycles. The van der Waals surface area contributed by atoms with Crippen molar-refractivity contribution in [1.29, 1.82) is 0 Å². The molecular weight excluding hydrogens is 196 g/mol. The van der Waals surface area contributed by atoms with Crippen LogP contribution in [0.15, 0.2) is 22.8 Å². The number of carbonyl (C=O) groups is 2. The van der Waals surface area contributed by atoms with Gasteiger partial charge in [-0.05, 0) is 12.1 Å². The van der Waals surface area contributed by atoms with Gasteiger partial charge in [0.15, 0.2) is 5.76 Å². The summed E-state index contributed by atoms with van der Waals surface area (Å²) in [6.07, 6.45) is 1.39. The van der Waals surface area contributed by atoms with Crippen molar-refractivity contribution in [3.63, 3.8) is 0 Å². The maximum absolute atomic E-state index is 11.7. The highest BCUT2D eigenvalue weighted by atomic mass is 16.3. The van der Waals surface area contributed by atoms with E-state index in [-0.39, 0.29) is 5.76 Å². The molecule has 0 spiro atoms. The second-order valence-corrected chi connectivity index (χ2v) is 3.35. The Morgan fingerprint density at radius 1 is 1.33 bits per heavy atom. The molecule has 2 heterocycles. The maximum Gasteiger partial charge on any atom is 0.298 e. The molecule has 1 fully saturated rings. The Hall–Kier alpha value is -1.62. The molecule has 0 bridgehead atoms. The van der Waals surface area contributed by atoms with Crippen molar-refractivity contribution in [1.82, 2.24) is 10.2 Å². The lowest BCUT2D eigenvalue weighted by Gasteiger charge is -2.26. The summed E-state index contributed by atoms with van der Waals surface area (Å²) in [5, 5.41) is 3.11. The number of nitrogens with one attached hydrogen (secondary N) is 1. The van der Waals surface area contributed by atoms with Crippen molar-refractivity contribution in [2.24, 2.45) is 0 Å². The first-order valence-electron chi connectivity index (χ1n) is 4.87. The summed E-state index contributed by atoms with van der Waals surface area (Å²) in [5.41, 5.74) is 0. The third kappa shape index (κ3) is 2.07. The quantitative estimate of drug-likeness (QED) is 0.544. The van der Waals surface area contributed by atoms with Crippen molar-refractivity contribution < 1.29 is 14.0 Å². The SMILES string of the molecule is O=C(C(=O)N1CCNCC1)c1ccco1. The number of nitrogens with zero attached hydrogens (tertiary/aromatic N) is 1. The lowest BCUT2D eigenvalue weighted by Crippen LogP contribution is -2.48. The predicted molar refractivity (Wildman–Crippen MR) is 52.5 cm³/mol. The molecule has 5 nitrogen and oxygen atoms in total. The Bertz CT molecular complexity index is 353. The topological polar surface area (TPSA) is 62.6 Å². The highest BCUT2D eigenvalue weighted by Gasteiger charge is 2.25. The number of hydrogen-bond acceptors (Lipinski definition) is 4. The molecule has 1 aliphatic rings. The van der Waals surface area contributed by atoms with E-state index < -0.39 is 11.7 Å². The molecule has 1 aromatic rings. The van der Waals surface area contributed by atoms with E-state index in [0.717, 1.165) is 13.1 Å². The molecule has 2 rings (SSSR count). The van der Waals surface area contributed by atoms with Crippen molar-refractivity contribution in [2.75, 3.05) is 26.2 Å². The maximum atomic E-state index is 11.7. The Labute approximate surface area is 87.0 Å². The molecule has 1 N–H and O–H groups in total. The number of rotatable bonds is 2. The Kier molecular flexibility index (Phi) is 2.82. The zero-order valence-electron chi connectivity index (χ0n) is 8.23. The number of furan rings is 1. The minimum absolute atomic E-state index is 0.110. The molecular formula is C10H12N2O3. The van der Waals surface area contributed by atoms with Crippen LogP contribution in [-0.4, -0.2) is 42.8 Å². The molecule has 1 saturated heterocycles. The number of piperazine rings is 1. The molecule has 0 radical (unpaired) electrons. The van der Waals surface area contributed by atoms with Crippen LogP contribution < -0.4 is 5.32 Å². The third-order valence-corrected chi connectivity index (χ3v) is 2.34. The fraction of sp³-hybridized carbons (Fsp3) is 0.400. The first kappa shape index (κ1) is 9.92. The number of carbonyl (C=O) groups excluding carboxylic acids is 2. The number of amides is 1. The standard InChI is InChI=1S/C10H12N2O3/c13-9(8-2-1-7-15-8)10(14)12-5-3-11-4-6-12/h1-2,7,11H,3-6H2. The van der Waals surface area contributed by atoms with E-state index in [9.17, 15) is 9.59 Å². The van der Waals surface area contributed by atoms with Crippen molar-refractivity contribution in [3.05, 3.63) is 24.2 Å². The first-order valence-corrected chi connectivity index (χ1v) is 4.87. The number of Topliss-reactive ketones (excluding diaryl/α,β-unsaturated/α-hetero) is 1. The summed E-state index contributed by atoms with van der Waals surface area (Å²) >= 11 is 0. The summed E-state index contributed by atoms with van der Waals surface area (Å²) in [7, 11) is 0. The monoisotopic (exact) mass is 208 g/mol. The van der Waals surface area contributed by atoms with E-state index >= 15 is 0 Å². The summed E-state index contributed by atoms with van der Waals surface area (Å²) in [6, 6.07) is 3.10. The highest BCUT2D eigenvalue weighted by Crippen LogP contribution is 2.05. The van der Waals surface area contributed by atoms with Crippen molar-refractivity contribution in [3.8, 4) is 0 Å². The van der Waals surface area contributed by atoms with Gasteiger partial charge >= 0.3 is 0 Å². The number of hydrogen-bond donors (Lipinski definition) is 1. The van der Waals surface area contributed by atoms with Gasteiger partial charge in [0, 0.05) is 26.2 Å². The zero-order chi connectivity index (χ0) is 10.7. The van der Waals surface area contributed by atoms with Crippen LogP contribution in [0.25, 0.3) is 0 Å². The number of ketones is 1. The molecule has 5 heteroatoms. The smallest absolute Gasteiger partial charge is 0.298 e. The van der Waals surface area contributed by atoms with Gasteiger partial charge in [-0.15, -0.1) is 0 Å². The van der Waals surface area contributed by atoms with Gasteiger partial charge in [0.25, 0.3) is 11.7 Å². The largest absolute Gasteiger partial charge is 0.461 e. The molecule has 80 valence electrons. The van der Waals surface area contributed by atoms with E-state index in [1.165, 1.54) is 12.3 Å². The van der Waals surface area contributed by atoms with Gasteiger partial charge in [-0.25, -0.2) is 0 Å².